The van der Waals surface area contributed by atoms with E-state index in [-0.39, 0.29) is 0 Å². The Balaban J connectivity index is 1.30. The van der Waals surface area contributed by atoms with Crippen LogP contribution in [0, 0.1) is 0 Å². The average Bonchev–Trinajstić information content (AvgIpc) is 3.17. The summed E-state index contributed by atoms with van der Waals surface area (Å²) in [5.41, 5.74) is 3.05. The molecule has 52 heavy (non-hydrogen) atoms. The molecule has 1 aromatic carbocycles. The van der Waals surface area contributed by atoms with Gasteiger partial charge >= 0.3 is 0 Å². The summed E-state index contributed by atoms with van der Waals surface area (Å²) in [5.74, 6) is 0. The zero-order valence-corrected chi connectivity index (χ0v) is 35.3. The normalized spacial score (nSPS) is 17.1. The summed E-state index contributed by atoms with van der Waals surface area (Å²) in [6, 6.07) is 9.89. The highest BCUT2D eigenvalue weighted by Crippen LogP contribution is 2.24. The molecule has 4 heteroatoms. The van der Waals surface area contributed by atoms with E-state index in [2.05, 4.69) is 38.1 Å². The minimum Gasteiger partial charge on any atom is -0.370 e. The van der Waals surface area contributed by atoms with Gasteiger partial charge in [0.25, 0.3) is 0 Å². The van der Waals surface area contributed by atoms with Crippen LogP contribution in [0.1, 0.15) is 205 Å². The molecule has 0 amide bonds. The third-order valence-corrected chi connectivity index (χ3v) is 12.9. The van der Waals surface area contributed by atoms with Crippen LogP contribution in [0.4, 0.5) is 0 Å². The van der Waals surface area contributed by atoms with E-state index < -0.39 is 0 Å². The van der Waals surface area contributed by atoms with Crippen molar-refractivity contribution in [2.45, 2.75) is 207 Å². The summed E-state index contributed by atoms with van der Waals surface area (Å²) in [4.78, 5) is 0. The van der Waals surface area contributed by atoms with E-state index >= 15 is 0 Å². The summed E-state index contributed by atoms with van der Waals surface area (Å²) >= 11 is 0. The molecule has 0 spiro atoms. The second kappa shape index (κ2) is 30.3. The summed E-state index contributed by atoms with van der Waals surface area (Å²) in [5, 5.41) is 0. The number of nitrogens with zero attached hydrogens (tertiary/aromatic N) is 2. The van der Waals surface area contributed by atoms with Gasteiger partial charge in [-0.2, -0.15) is 0 Å². The summed E-state index contributed by atoms with van der Waals surface area (Å²) in [7, 11) is 0. The molecule has 0 saturated carbocycles. The highest BCUT2D eigenvalue weighted by atomic mass is 16.5. The maximum atomic E-state index is 5.86. The lowest BCUT2D eigenvalue weighted by atomic mass is 10.0. The van der Waals surface area contributed by atoms with Gasteiger partial charge in [0, 0.05) is 11.1 Å². The lowest BCUT2D eigenvalue weighted by Gasteiger charge is -2.42. The summed E-state index contributed by atoms with van der Waals surface area (Å²) < 4.78 is 14.2. The largest absolute Gasteiger partial charge is 0.370 e. The second-order valence-electron chi connectivity index (χ2n) is 17.6. The molecule has 2 heterocycles. The number of hydrogen-bond donors (Lipinski definition) is 0. The first-order chi connectivity index (χ1) is 25.7. The molecule has 1 aromatic rings. The van der Waals surface area contributed by atoms with Gasteiger partial charge in [-0.05, 0) is 25.7 Å². The van der Waals surface area contributed by atoms with Crippen LogP contribution in [0.15, 0.2) is 24.3 Å². The molecular formula is C48H90N2O2+2. The fourth-order valence-corrected chi connectivity index (χ4v) is 9.19. The standard InChI is InChI=1S/C48H90N2O2/c1-3-5-7-9-11-13-15-17-19-21-23-25-27-29-35-49(37-41-51-42-38-49)45-47-31-33-48(34-32-47)46-50(39-43-52-44-40-50)36-30-28-26-24-22-20-18-16-14-12-10-8-6-4-2/h31-34H,3-30,35-46H2,1-2H3/q+2. The fourth-order valence-electron chi connectivity index (χ4n) is 9.19. The first kappa shape index (κ1) is 45.4. The Morgan fingerprint density at radius 3 is 0.827 bits per heavy atom. The van der Waals surface area contributed by atoms with Gasteiger partial charge in [0.15, 0.2) is 0 Å². The maximum absolute atomic E-state index is 5.86. The molecule has 3 rings (SSSR count). The van der Waals surface area contributed by atoms with E-state index in [0.29, 0.717) is 0 Å². The Kier molecular flexibility index (Phi) is 26.5. The average molecular weight is 727 g/mol. The van der Waals surface area contributed by atoms with E-state index in [1.165, 1.54) is 252 Å². The zero-order chi connectivity index (χ0) is 36.7. The Morgan fingerprint density at radius 2 is 0.577 bits per heavy atom. The molecule has 0 bridgehead atoms. The molecule has 0 aliphatic carbocycles. The van der Waals surface area contributed by atoms with Crippen molar-refractivity contribution in [3.63, 3.8) is 0 Å². The van der Waals surface area contributed by atoms with Crippen molar-refractivity contribution in [1.29, 1.82) is 0 Å². The molecule has 0 atom stereocenters. The maximum Gasteiger partial charge on any atom is 0.104 e. The fraction of sp³-hybridized carbons (Fsp3) is 0.875. The Hall–Kier alpha value is -0.940. The van der Waals surface area contributed by atoms with E-state index in [1.54, 1.807) is 0 Å². The number of rotatable bonds is 34. The van der Waals surface area contributed by atoms with Gasteiger partial charge in [-0.1, -0.05) is 192 Å². The minimum atomic E-state index is 0.929. The summed E-state index contributed by atoms with van der Waals surface area (Å²) in [6.45, 7) is 18.0. The van der Waals surface area contributed by atoms with Crippen LogP contribution in [0.2, 0.25) is 0 Å². The predicted molar refractivity (Wildman–Crippen MR) is 226 cm³/mol. The van der Waals surface area contributed by atoms with E-state index in [1.807, 2.05) is 0 Å². The lowest BCUT2D eigenvalue weighted by Crippen LogP contribution is -2.55. The molecule has 2 aliphatic heterocycles. The number of hydrogen-bond acceptors (Lipinski definition) is 2. The summed E-state index contributed by atoms with van der Waals surface area (Å²) in [6.07, 6.45) is 40.2. The second-order valence-corrected chi connectivity index (χ2v) is 17.6. The number of ether oxygens (including phenoxy) is 2. The van der Waals surface area contributed by atoms with Crippen molar-refractivity contribution in [1.82, 2.24) is 0 Å². The highest BCUT2D eigenvalue weighted by Gasteiger charge is 2.32. The molecule has 0 unspecified atom stereocenters. The van der Waals surface area contributed by atoms with Gasteiger partial charge in [-0.15, -0.1) is 0 Å². The Morgan fingerprint density at radius 1 is 0.346 bits per heavy atom. The van der Waals surface area contributed by atoms with Gasteiger partial charge in [0.2, 0.25) is 0 Å². The molecule has 302 valence electrons. The van der Waals surface area contributed by atoms with Gasteiger partial charge in [0.05, 0.1) is 39.5 Å². The van der Waals surface area contributed by atoms with Crippen LogP contribution in [-0.4, -0.2) is 74.7 Å². The topological polar surface area (TPSA) is 18.5 Å². The van der Waals surface area contributed by atoms with Crippen LogP contribution < -0.4 is 0 Å². The first-order valence-electron chi connectivity index (χ1n) is 23.6. The predicted octanol–water partition coefficient (Wildman–Crippen LogP) is 13.3. The number of unbranched alkanes of at least 4 members (excludes halogenated alkanes) is 26. The molecule has 2 saturated heterocycles. The molecule has 2 fully saturated rings. The third kappa shape index (κ3) is 21.2. The third-order valence-electron chi connectivity index (χ3n) is 12.9. The van der Waals surface area contributed by atoms with Gasteiger partial charge in [0.1, 0.15) is 39.3 Å². The first-order valence-corrected chi connectivity index (χ1v) is 23.6. The smallest absolute Gasteiger partial charge is 0.104 e. The Labute approximate surface area is 325 Å². The molecule has 4 nitrogen and oxygen atoms in total. The van der Waals surface area contributed by atoms with Crippen molar-refractivity contribution in [2.24, 2.45) is 0 Å². The number of morpholine rings is 2. The van der Waals surface area contributed by atoms with E-state index in [9.17, 15) is 0 Å². The van der Waals surface area contributed by atoms with E-state index in [4.69, 9.17) is 9.47 Å². The Bertz CT molecular complexity index is 846. The quantitative estimate of drug-likeness (QED) is 0.0520. The molecular weight excluding hydrogens is 637 g/mol. The van der Waals surface area contributed by atoms with Crippen molar-refractivity contribution < 1.29 is 18.4 Å². The molecule has 0 radical (unpaired) electrons. The molecule has 2 aliphatic rings. The van der Waals surface area contributed by atoms with Gasteiger partial charge < -0.3 is 18.4 Å². The number of benzene rings is 1. The molecule has 0 aromatic heterocycles. The van der Waals surface area contributed by atoms with Crippen LogP contribution in [-0.2, 0) is 22.6 Å². The van der Waals surface area contributed by atoms with Crippen molar-refractivity contribution in [3.05, 3.63) is 35.4 Å². The monoisotopic (exact) mass is 727 g/mol. The highest BCUT2D eigenvalue weighted by molar-refractivity contribution is 5.21. The van der Waals surface area contributed by atoms with Gasteiger partial charge in [-0.3, -0.25) is 0 Å². The van der Waals surface area contributed by atoms with Crippen LogP contribution in [0.25, 0.3) is 0 Å². The van der Waals surface area contributed by atoms with Gasteiger partial charge in [-0.25, -0.2) is 0 Å². The molecule has 0 N–H and O–H groups in total. The SMILES string of the molecule is CCCCCCCCCCCCCCCC[N+]1(Cc2ccc(C[N+]3(CCCCCCCCCCCCCCCC)CCOCC3)cc2)CCOCC1. The van der Waals surface area contributed by atoms with Crippen molar-refractivity contribution in [2.75, 3.05) is 65.7 Å². The van der Waals surface area contributed by atoms with Crippen molar-refractivity contribution in [3.8, 4) is 0 Å². The zero-order valence-electron chi connectivity index (χ0n) is 35.3. The minimum absolute atomic E-state index is 0.929. The lowest BCUT2D eigenvalue weighted by molar-refractivity contribution is -0.948. The van der Waals surface area contributed by atoms with Crippen LogP contribution in [0.5, 0.6) is 0 Å². The van der Waals surface area contributed by atoms with Crippen molar-refractivity contribution >= 4 is 0 Å². The van der Waals surface area contributed by atoms with Crippen LogP contribution >= 0.6 is 0 Å². The van der Waals surface area contributed by atoms with E-state index in [0.717, 1.165) is 26.4 Å². The number of quaternary nitrogens is 2. The van der Waals surface area contributed by atoms with Crippen LogP contribution in [0.3, 0.4) is 0 Å².